The average Bonchev–Trinajstić information content (AvgIpc) is 1.84. The molecule has 0 aliphatic carbocycles. The van der Waals surface area contributed by atoms with Crippen LogP contribution in [-0.2, 0) is 0 Å². The Morgan fingerprint density at radius 3 is 2.50 bits per heavy atom. The molecule has 0 aliphatic heterocycles. The van der Waals surface area contributed by atoms with Crippen LogP contribution >= 0.6 is 11.6 Å². The minimum absolute atomic E-state index is 0.111. The Morgan fingerprint density at radius 2 is 2.38 bits per heavy atom. The fourth-order valence-corrected chi connectivity index (χ4v) is 0.402. The van der Waals surface area contributed by atoms with Crippen molar-refractivity contribution in [3.05, 3.63) is 0 Å². The summed E-state index contributed by atoms with van der Waals surface area (Å²) in [6.07, 6.45) is 0.803. The van der Waals surface area contributed by atoms with Crippen LogP contribution in [0.3, 0.4) is 0 Å². The molecule has 0 saturated heterocycles. The molecular weight excluding hydrogens is 126 g/mol. The van der Waals surface area contributed by atoms with Gasteiger partial charge in [0.25, 0.3) is 0 Å². The van der Waals surface area contributed by atoms with E-state index in [1.165, 1.54) is 0 Å². The van der Waals surface area contributed by atoms with Crippen molar-refractivity contribution in [1.29, 1.82) is 0 Å². The number of hydrogen-bond donors (Lipinski definition) is 1. The Morgan fingerprint density at radius 1 is 1.88 bits per heavy atom. The normalized spacial score (nSPS) is 16.1. The summed E-state index contributed by atoms with van der Waals surface area (Å²) in [6.45, 7) is 3.63. The van der Waals surface area contributed by atoms with Crippen LogP contribution in [0.2, 0.25) is 0 Å². The van der Waals surface area contributed by atoms with Gasteiger partial charge >= 0.3 is 0 Å². The first-order valence-corrected chi connectivity index (χ1v) is 2.98. The molecule has 0 spiro atoms. The standard InChI is InChI=1S/C5H10ClNO/c1-3-5(6)4(2)7-8/h5,8H,3H2,1-2H3/b7-4+. The molecule has 0 radical (unpaired) electrons. The fourth-order valence-electron chi connectivity index (χ4n) is 0.358. The van der Waals surface area contributed by atoms with Gasteiger partial charge in [-0.05, 0) is 13.3 Å². The Bertz CT molecular complexity index is 92.4. The van der Waals surface area contributed by atoms with Crippen molar-refractivity contribution in [2.45, 2.75) is 25.6 Å². The molecule has 0 aromatic heterocycles. The molecule has 0 aromatic rings. The van der Waals surface area contributed by atoms with Crippen molar-refractivity contribution >= 4 is 17.3 Å². The minimum Gasteiger partial charge on any atom is -0.411 e. The molecule has 1 unspecified atom stereocenters. The van der Waals surface area contributed by atoms with Crippen LogP contribution in [0, 0.1) is 0 Å². The molecule has 0 aliphatic rings. The second-order valence-corrected chi connectivity index (χ2v) is 2.14. The third kappa shape index (κ3) is 2.17. The number of halogens is 1. The first-order valence-electron chi connectivity index (χ1n) is 2.55. The second-order valence-electron chi connectivity index (χ2n) is 1.62. The molecule has 8 heavy (non-hydrogen) atoms. The lowest BCUT2D eigenvalue weighted by Gasteiger charge is -2.00. The summed E-state index contributed by atoms with van der Waals surface area (Å²) >= 11 is 5.63. The lowest BCUT2D eigenvalue weighted by Crippen LogP contribution is -2.08. The summed E-state index contributed by atoms with van der Waals surface area (Å²) in [6, 6.07) is 0. The van der Waals surface area contributed by atoms with Crippen molar-refractivity contribution in [1.82, 2.24) is 0 Å². The van der Waals surface area contributed by atoms with Gasteiger partial charge in [-0.15, -0.1) is 11.6 Å². The van der Waals surface area contributed by atoms with Gasteiger partial charge < -0.3 is 5.21 Å². The summed E-state index contributed by atoms with van der Waals surface area (Å²) in [5.41, 5.74) is 0.578. The average molecular weight is 136 g/mol. The maximum atomic E-state index is 8.14. The summed E-state index contributed by atoms with van der Waals surface area (Å²) in [4.78, 5) is 0. The molecule has 0 rings (SSSR count). The van der Waals surface area contributed by atoms with Crippen LogP contribution in [0.25, 0.3) is 0 Å². The van der Waals surface area contributed by atoms with Gasteiger partial charge in [-0.25, -0.2) is 0 Å². The first-order chi connectivity index (χ1) is 3.72. The lowest BCUT2D eigenvalue weighted by molar-refractivity contribution is 0.317. The topological polar surface area (TPSA) is 32.6 Å². The minimum atomic E-state index is -0.111. The molecule has 0 bridgehead atoms. The SMILES string of the molecule is CCC(Cl)/C(C)=N/O. The number of oxime groups is 1. The lowest BCUT2D eigenvalue weighted by atomic mass is 10.2. The molecule has 0 fully saturated rings. The number of rotatable bonds is 2. The number of alkyl halides is 1. The van der Waals surface area contributed by atoms with Crippen molar-refractivity contribution in [2.75, 3.05) is 0 Å². The van der Waals surface area contributed by atoms with Crippen molar-refractivity contribution < 1.29 is 5.21 Å². The van der Waals surface area contributed by atoms with Gasteiger partial charge in [-0.2, -0.15) is 0 Å². The molecule has 2 nitrogen and oxygen atoms in total. The molecule has 0 aromatic carbocycles. The Labute approximate surface area is 54.1 Å². The van der Waals surface area contributed by atoms with Gasteiger partial charge in [0.1, 0.15) is 0 Å². The molecule has 1 atom stereocenters. The van der Waals surface area contributed by atoms with Crippen molar-refractivity contribution in [2.24, 2.45) is 5.16 Å². The monoisotopic (exact) mass is 135 g/mol. The van der Waals surface area contributed by atoms with E-state index in [1.807, 2.05) is 6.92 Å². The third-order valence-corrected chi connectivity index (χ3v) is 1.59. The van der Waals surface area contributed by atoms with Gasteiger partial charge in [-0.3, -0.25) is 0 Å². The number of hydrogen-bond acceptors (Lipinski definition) is 2. The van der Waals surface area contributed by atoms with Gasteiger partial charge in [0.15, 0.2) is 0 Å². The van der Waals surface area contributed by atoms with Crippen LogP contribution in [0.1, 0.15) is 20.3 Å². The highest BCUT2D eigenvalue weighted by Crippen LogP contribution is 2.02. The smallest absolute Gasteiger partial charge is 0.0745 e. The molecule has 1 N–H and O–H groups in total. The van der Waals surface area contributed by atoms with Crippen LogP contribution < -0.4 is 0 Å². The molecular formula is C5H10ClNO. The highest BCUT2D eigenvalue weighted by Gasteiger charge is 2.03. The van der Waals surface area contributed by atoms with Gasteiger partial charge in [0.05, 0.1) is 11.1 Å². The van der Waals surface area contributed by atoms with Gasteiger partial charge in [-0.1, -0.05) is 12.1 Å². The van der Waals surface area contributed by atoms with Crippen LogP contribution in [0.15, 0.2) is 5.16 Å². The summed E-state index contributed by atoms with van der Waals surface area (Å²) in [7, 11) is 0. The molecule has 3 heteroatoms. The maximum Gasteiger partial charge on any atom is 0.0745 e. The van der Waals surface area contributed by atoms with E-state index in [0.717, 1.165) is 6.42 Å². The highest BCUT2D eigenvalue weighted by molar-refractivity contribution is 6.31. The quantitative estimate of drug-likeness (QED) is 0.267. The van der Waals surface area contributed by atoms with Crippen molar-refractivity contribution in [3.8, 4) is 0 Å². The number of nitrogens with zero attached hydrogens (tertiary/aromatic N) is 1. The summed E-state index contributed by atoms with van der Waals surface area (Å²) < 4.78 is 0. The maximum absolute atomic E-state index is 8.14. The predicted octanol–water partition coefficient (Wildman–Crippen LogP) is 1.85. The van der Waals surface area contributed by atoms with E-state index < -0.39 is 0 Å². The Balaban J connectivity index is 3.63. The molecule has 48 valence electrons. The largest absolute Gasteiger partial charge is 0.411 e. The summed E-state index contributed by atoms with van der Waals surface area (Å²) in [5, 5.41) is 11.0. The van der Waals surface area contributed by atoms with E-state index >= 15 is 0 Å². The van der Waals surface area contributed by atoms with E-state index in [4.69, 9.17) is 16.8 Å². The van der Waals surface area contributed by atoms with E-state index in [-0.39, 0.29) is 5.38 Å². The summed E-state index contributed by atoms with van der Waals surface area (Å²) in [5.74, 6) is 0. The highest BCUT2D eigenvalue weighted by atomic mass is 35.5. The third-order valence-electron chi connectivity index (χ3n) is 0.969. The zero-order valence-electron chi connectivity index (χ0n) is 5.06. The van der Waals surface area contributed by atoms with Crippen LogP contribution in [0.4, 0.5) is 0 Å². The van der Waals surface area contributed by atoms with E-state index in [2.05, 4.69) is 5.16 Å². The fraction of sp³-hybridized carbons (Fsp3) is 0.800. The van der Waals surface area contributed by atoms with E-state index in [0.29, 0.717) is 5.71 Å². The zero-order chi connectivity index (χ0) is 6.57. The molecule has 0 saturated carbocycles. The van der Waals surface area contributed by atoms with E-state index in [1.54, 1.807) is 6.92 Å². The molecule has 0 heterocycles. The van der Waals surface area contributed by atoms with Gasteiger partial charge in [0, 0.05) is 0 Å². The first kappa shape index (κ1) is 7.76. The van der Waals surface area contributed by atoms with E-state index in [9.17, 15) is 0 Å². The predicted molar refractivity (Wildman–Crippen MR) is 34.8 cm³/mol. The Hall–Kier alpha value is -0.240. The Kier molecular flexibility index (Phi) is 3.61. The zero-order valence-corrected chi connectivity index (χ0v) is 5.81. The second kappa shape index (κ2) is 3.72. The molecule has 0 amide bonds. The van der Waals surface area contributed by atoms with Crippen molar-refractivity contribution in [3.63, 3.8) is 0 Å². The van der Waals surface area contributed by atoms with Crippen LogP contribution in [-0.4, -0.2) is 16.3 Å². The van der Waals surface area contributed by atoms with Crippen LogP contribution in [0.5, 0.6) is 0 Å². The van der Waals surface area contributed by atoms with Gasteiger partial charge in [0.2, 0.25) is 0 Å².